The van der Waals surface area contributed by atoms with Crippen molar-refractivity contribution in [3.63, 3.8) is 0 Å². The van der Waals surface area contributed by atoms with Crippen molar-refractivity contribution >= 4 is 22.7 Å². The van der Waals surface area contributed by atoms with Crippen LogP contribution >= 0.6 is 0 Å². The molecule has 0 spiro atoms. The molecule has 1 aliphatic rings. The van der Waals surface area contributed by atoms with E-state index in [0.717, 1.165) is 48.4 Å². The van der Waals surface area contributed by atoms with E-state index >= 15 is 0 Å². The van der Waals surface area contributed by atoms with Crippen molar-refractivity contribution < 1.29 is 9.59 Å². The first kappa shape index (κ1) is 18.4. The topological polar surface area (TPSA) is 66.1 Å². The number of likely N-dealkylation sites (tertiary alicyclic amines) is 1. The van der Waals surface area contributed by atoms with Gasteiger partial charge in [-0.1, -0.05) is 42.5 Å². The van der Waals surface area contributed by atoms with Gasteiger partial charge in [0.2, 0.25) is 5.91 Å². The second-order valence-electron chi connectivity index (χ2n) is 7.44. The highest BCUT2D eigenvalue weighted by molar-refractivity contribution is 5.96. The number of imidazole rings is 1. The molecule has 1 aliphatic heterocycles. The number of nitrogens with zero attached hydrogens (tertiary/aromatic N) is 2. The maximum absolute atomic E-state index is 12.5. The smallest absolute Gasteiger partial charge is 0.222 e. The van der Waals surface area contributed by atoms with Gasteiger partial charge < -0.3 is 9.88 Å². The van der Waals surface area contributed by atoms with Gasteiger partial charge in [-0.15, -0.1) is 0 Å². The Morgan fingerprint density at radius 1 is 0.964 bits per heavy atom. The fourth-order valence-electron chi connectivity index (χ4n) is 3.89. The molecule has 1 aromatic heterocycles. The maximum Gasteiger partial charge on any atom is 0.222 e. The van der Waals surface area contributed by atoms with Gasteiger partial charge in [-0.25, -0.2) is 4.98 Å². The average molecular weight is 375 g/mol. The molecule has 1 amide bonds. The van der Waals surface area contributed by atoms with Crippen LogP contribution in [0.5, 0.6) is 0 Å². The molecule has 1 fully saturated rings. The predicted octanol–water partition coefficient (Wildman–Crippen LogP) is 4.32. The van der Waals surface area contributed by atoms with Crippen LogP contribution in [0.2, 0.25) is 0 Å². The van der Waals surface area contributed by atoms with E-state index in [1.54, 1.807) is 0 Å². The number of Topliss-reactive ketones (excluding diaryl/α,β-unsaturated/α-hetero) is 1. The molecule has 1 N–H and O–H groups in total. The monoisotopic (exact) mass is 375 g/mol. The van der Waals surface area contributed by atoms with Gasteiger partial charge in [0, 0.05) is 37.4 Å². The van der Waals surface area contributed by atoms with Gasteiger partial charge in [0.1, 0.15) is 5.82 Å². The quantitative estimate of drug-likeness (QED) is 0.653. The van der Waals surface area contributed by atoms with Crippen molar-refractivity contribution in [3.05, 3.63) is 66.0 Å². The van der Waals surface area contributed by atoms with Crippen LogP contribution in [0.3, 0.4) is 0 Å². The summed E-state index contributed by atoms with van der Waals surface area (Å²) in [6, 6.07) is 17.3. The van der Waals surface area contributed by atoms with E-state index in [1.807, 2.05) is 59.5 Å². The van der Waals surface area contributed by atoms with Gasteiger partial charge in [-0.05, 0) is 31.4 Å². The van der Waals surface area contributed by atoms with Gasteiger partial charge >= 0.3 is 0 Å². The SMILES string of the molecule is O=C(CCCC(=O)N1CCC(c2nc3ccccc3[nH]2)CC1)c1ccccc1. The van der Waals surface area contributed by atoms with Crippen LogP contribution in [0, 0.1) is 0 Å². The summed E-state index contributed by atoms with van der Waals surface area (Å²) < 4.78 is 0. The molecular formula is C23H25N3O2. The molecule has 2 aromatic carbocycles. The van der Waals surface area contributed by atoms with E-state index < -0.39 is 0 Å². The van der Waals surface area contributed by atoms with E-state index in [0.29, 0.717) is 25.2 Å². The third kappa shape index (κ3) is 4.14. The number of rotatable bonds is 6. The number of benzene rings is 2. The van der Waals surface area contributed by atoms with Gasteiger partial charge in [0.15, 0.2) is 5.78 Å². The lowest BCUT2D eigenvalue weighted by Gasteiger charge is -2.31. The number of carbonyl (C=O) groups is 2. The first-order chi connectivity index (χ1) is 13.7. The molecule has 0 radical (unpaired) electrons. The third-order valence-corrected chi connectivity index (χ3v) is 5.53. The number of para-hydroxylation sites is 2. The number of amides is 1. The second kappa shape index (κ2) is 8.38. The molecule has 1 saturated heterocycles. The molecule has 2 heterocycles. The van der Waals surface area contributed by atoms with Crippen LogP contribution < -0.4 is 0 Å². The Labute approximate surface area is 164 Å². The first-order valence-corrected chi connectivity index (χ1v) is 10.0. The fraction of sp³-hybridized carbons (Fsp3) is 0.348. The van der Waals surface area contributed by atoms with Crippen molar-refractivity contribution in [1.29, 1.82) is 0 Å². The number of H-pyrrole nitrogens is 1. The number of aromatic nitrogens is 2. The zero-order valence-corrected chi connectivity index (χ0v) is 15.9. The lowest BCUT2D eigenvalue weighted by Crippen LogP contribution is -2.38. The number of ketones is 1. The minimum Gasteiger partial charge on any atom is -0.343 e. The first-order valence-electron chi connectivity index (χ1n) is 10.0. The number of hydrogen-bond donors (Lipinski definition) is 1. The molecule has 0 bridgehead atoms. The Balaban J connectivity index is 1.24. The number of aromatic amines is 1. The molecule has 0 aliphatic carbocycles. The molecule has 5 nitrogen and oxygen atoms in total. The van der Waals surface area contributed by atoms with E-state index in [9.17, 15) is 9.59 Å². The van der Waals surface area contributed by atoms with E-state index in [-0.39, 0.29) is 11.7 Å². The lowest BCUT2D eigenvalue weighted by atomic mass is 9.95. The predicted molar refractivity (Wildman–Crippen MR) is 109 cm³/mol. The largest absolute Gasteiger partial charge is 0.343 e. The summed E-state index contributed by atoms with van der Waals surface area (Å²) in [6.45, 7) is 1.51. The van der Waals surface area contributed by atoms with Gasteiger partial charge in [0.05, 0.1) is 11.0 Å². The van der Waals surface area contributed by atoms with Gasteiger partial charge in [-0.2, -0.15) is 0 Å². The third-order valence-electron chi connectivity index (χ3n) is 5.53. The Hall–Kier alpha value is -2.95. The molecule has 4 rings (SSSR count). The maximum atomic E-state index is 12.5. The Bertz CT molecular complexity index is 923. The summed E-state index contributed by atoms with van der Waals surface area (Å²) in [7, 11) is 0. The van der Waals surface area contributed by atoms with Crippen LogP contribution in [0.4, 0.5) is 0 Å². The highest BCUT2D eigenvalue weighted by Gasteiger charge is 2.25. The average Bonchev–Trinajstić information content (AvgIpc) is 3.18. The zero-order valence-electron chi connectivity index (χ0n) is 15.9. The molecular weight excluding hydrogens is 350 g/mol. The van der Waals surface area contributed by atoms with Gasteiger partial charge in [0.25, 0.3) is 0 Å². The van der Waals surface area contributed by atoms with Crippen molar-refractivity contribution in [2.45, 2.75) is 38.0 Å². The normalized spacial score (nSPS) is 15.1. The minimum atomic E-state index is 0.108. The number of carbonyl (C=O) groups excluding carboxylic acids is 2. The Morgan fingerprint density at radius 3 is 2.43 bits per heavy atom. The zero-order chi connectivity index (χ0) is 19.3. The van der Waals surface area contributed by atoms with E-state index in [1.165, 1.54) is 0 Å². The minimum absolute atomic E-state index is 0.108. The summed E-state index contributed by atoms with van der Waals surface area (Å²) in [5.74, 6) is 1.67. The lowest BCUT2D eigenvalue weighted by molar-refractivity contribution is -0.132. The summed E-state index contributed by atoms with van der Waals surface area (Å²) >= 11 is 0. The van der Waals surface area contributed by atoms with Crippen molar-refractivity contribution in [1.82, 2.24) is 14.9 Å². The van der Waals surface area contributed by atoms with Crippen LogP contribution in [-0.4, -0.2) is 39.6 Å². The fourth-order valence-corrected chi connectivity index (χ4v) is 3.89. The van der Waals surface area contributed by atoms with Gasteiger partial charge in [-0.3, -0.25) is 9.59 Å². The number of nitrogens with one attached hydrogen (secondary N) is 1. The van der Waals surface area contributed by atoms with Crippen molar-refractivity contribution in [2.24, 2.45) is 0 Å². The summed E-state index contributed by atoms with van der Waals surface area (Å²) in [5, 5.41) is 0. The van der Waals surface area contributed by atoms with Crippen LogP contribution in [0.1, 0.15) is 54.2 Å². The highest BCUT2D eigenvalue weighted by Crippen LogP contribution is 2.28. The number of fused-ring (bicyclic) bond motifs is 1. The summed E-state index contributed by atoms with van der Waals surface area (Å²) in [5.41, 5.74) is 2.79. The molecule has 28 heavy (non-hydrogen) atoms. The summed E-state index contributed by atoms with van der Waals surface area (Å²) in [6.07, 6.45) is 3.32. The molecule has 3 aromatic rings. The van der Waals surface area contributed by atoms with E-state index in [4.69, 9.17) is 4.98 Å². The highest BCUT2D eigenvalue weighted by atomic mass is 16.2. The Kier molecular flexibility index (Phi) is 5.51. The van der Waals surface area contributed by atoms with Crippen LogP contribution in [-0.2, 0) is 4.79 Å². The molecule has 0 atom stereocenters. The molecule has 0 unspecified atom stereocenters. The number of hydrogen-bond acceptors (Lipinski definition) is 3. The second-order valence-corrected chi connectivity index (χ2v) is 7.44. The van der Waals surface area contributed by atoms with Crippen LogP contribution in [0.15, 0.2) is 54.6 Å². The van der Waals surface area contributed by atoms with Crippen molar-refractivity contribution in [3.8, 4) is 0 Å². The van der Waals surface area contributed by atoms with E-state index in [2.05, 4.69) is 4.98 Å². The summed E-state index contributed by atoms with van der Waals surface area (Å²) in [4.78, 5) is 34.7. The molecule has 0 saturated carbocycles. The standard InChI is InChI=1S/C23H25N3O2/c27-21(17-7-2-1-3-8-17)11-6-12-22(28)26-15-13-18(14-16-26)23-24-19-9-4-5-10-20(19)25-23/h1-5,7-10,18H,6,11-16H2,(H,24,25). The molecule has 5 heteroatoms. The molecule has 144 valence electrons. The van der Waals surface area contributed by atoms with Crippen molar-refractivity contribution in [2.75, 3.05) is 13.1 Å². The number of piperidine rings is 1. The van der Waals surface area contributed by atoms with Crippen LogP contribution in [0.25, 0.3) is 11.0 Å². The Morgan fingerprint density at radius 2 is 1.68 bits per heavy atom.